The molecule has 1 amide bonds. The molecular weight excluding hydrogens is 443 g/mol. The van der Waals surface area contributed by atoms with Crippen LogP contribution in [0, 0.1) is 3.57 Å². The Kier molecular flexibility index (Phi) is 4.33. The lowest BCUT2D eigenvalue weighted by atomic mass is 9.96. The van der Waals surface area contributed by atoms with Crippen molar-refractivity contribution in [3.63, 3.8) is 0 Å². The molecule has 108 valence electrons. The number of fused-ring (bicyclic) bond motifs is 1. The second kappa shape index (κ2) is 6.06. The van der Waals surface area contributed by atoms with Gasteiger partial charge in [0.1, 0.15) is 0 Å². The van der Waals surface area contributed by atoms with Gasteiger partial charge < -0.3 is 10.6 Å². The predicted molar refractivity (Wildman–Crippen MR) is 96.5 cm³/mol. The Morgan fingerprint density at radius 3 is 2.86 bits per heavy atom. The number of carbonyl (C=O) groups excluding carboxylic acids is 1. The van der Waals surface area contributed by atoms with Crippen LogP contribution in [0.3, 0.4) is 0 Å². The average molecular weight is 457 g/mol. The van der Waals surface area contributed by atoms with E-state index < -0.39 is 0 Å². The first kappa shape index (κ1) is 15.0. The molecule has 1 aliphatic rings. The van der Waals surface area contributed by atoms with Gasteiger partial charge in [-0.05, 0) is 70.6 Å². The minimum absolute atomic E-state index is 0.0681. The third-order valence-corrected chi connectivity index (χ3v) is 5.04. The second-order valence-corrected chi connectivity index (χ2v) is 7.13. The van der Waals surface area contributed by atoms with E-state index in [0.717, 1.165) is 21.3 Å². The summed E-state index contributed by atoms with van der Waals surface area (Å²) in [6, 6.07) is 12.6. The van der Waals surface area contributed by atoms with Crippen LogP contribution < -0.4 is 10.6 Å². The van der Waals surface area contributed by atoms with Crippen molar-refractivity contribution in [2.45, 2.75) is 12.5 Å². The fourth-order valence-corrected chi connectivity index (χ4v) is 3.66. The summed E-state index contributed by atoms with van der Waals surface area (Å²) in [6.07, 6.45) is 0.465. The normalized spacial score (nSPS) is 14.7. The maximum Gasteiger partial charge on any atom is 0.228 e. The number of halogens is 2. The number of benzene rings is 2. The molecule has 1 heterocycles. The van der Waals surface area contributed by atoms with Gasteiger partial charge >= 0.3 is 0 Å². The predicted octanol–water partition coefficient (Wildman–Crippen LogP) is 3.86. The molecule has 3 nitrogen and oxygen atoms in total. The number of anilines is 1. The molecule has 2 aromatic carbocycles. The molecule has 2 aromatic rings. The standard InChI is InChI=1S/C16H14BrIN2O/c1-19-16(12-8-11(18)3-4-13(12)17)9-2-5-14-10(6-9)7-15(21)20-14/h2-6,8,16,19H,7H2,1H3,(H,20,21). The maximum absolute atomic E-state index is 11.5. The molecule has 0 bridgehead atoms. The van der Waals surface area contributed by atoms with Crippen molar-refractivity contribution in [2.24, 2.45) is 0 Å². The van der Waals surface area contributed by atoms with Gasteiger partial charge in [0.15, 0.2) is 0 Å². The summed E-state index contributed by atoms with van der Waals surface area (Å²) in [5, 5.41) is 6.24. The summed E-state index contributed by atoms with van der Waals surface area (Å²) in [5.74, 6) is 0.0681. The van der Waals surface area contributed by atoms with Crippen LogP contribution in [0.15, 0.2) is 40.9 Å². The Morgan fingerprint density at radius 2 is 2.10 bits per heavy atom. The van der Waals surface area contributed by atoms with Crippen LogP contribution in [-0.4, -0.2) is 13.0 Å². The molecule has 0 fully saturated rings. The van der Waals surface area contributed by atoms with Crippen LogP contribution in [0.5, 0.6) is 0 Å². The van der Waals surface area contributed by atoms with Gasteiger partial charge in [-0.15, -0.1) is 0 Å². The van der Waals surface area contributed by atoms with Crippen LogP contribution in [0.4, 0.5) is 5.69 Å². The highest BCUT2D eigenvalue weighted by atomic mass is 127. The largest absolute Gasteiger partial charge is 0.326 e. The number of hydrogen-bond acceptors (Lipinski definition) is 2. The minimum atomic E-state index is 0.0681. The summed E-state index contributed by atoms with van der Waals surface area (Å²) >= 11 is 5.95. The summed E-state index contributed by atoms with van der Waals surface area (Å²) in [4.78, 5) is 11.5. The summed E-state index contributed by atoms with van der Waals surface area (Å²) < 4.78 is 2.28. The molecular formula is C16H14BrIN2O. The third kappa shape index (κ3) is 3.00. The molecule has 5 heteroatoms. The number of hydrogen-bond donors (Lipinski definition) is 2. The Labute approximate surface area is 145 Å². The highest BCUT2D eigenvalue weighted by molar-refractivity contribution is 14.1. The zero-order chi connectivity index (χ0) is 15.0. The Morgan fingerprint density at radius 1 is 1.29 bits per heavy atom. The van der Waals surface area contributed by atoms with E-state index in [1.807, 2.05) is 13.1 Å². The zero-order valence-electron chi connectivity index (χ0n) is 11.4. The van der Waals surface area contributed by atoms with E-state index in [2.05, 4.69) is 79.5 Å². The number of amides is 1. The summed E-state index contributed by atoms with van der Waals surface area (Å²) in [6.45, 7) is 0. The van der Waals surface area contributed by atoms with E-state index in [4.69, 9.17) is 0 Å². The topological polar surface area (TPSA) is 41.1 Å². The summed E-state index contributed by atoms with van der Waals surface area (Å²) in [5.41, 5.74) is 4.36. The van der Waals surface area contributed by atoms with E-state index in [9.17, 15) is 4.79 Å². The number of rotatable bonds is 3. The molecule has 1 aliphatic heterocycles. The SMILES string of the molecule is CNC(c1ccc2c(c1)CC(=O)N2)c1cc(I)ccc1Br. The van der Waals surface area contributed by atoms with Gasteiger partial charge in [-0.3, -0.25) is 4.79 Å². The smallest absolute Gasteiger partial charge is 0.228 e. The van der Waals surface area contributed by atoms with E-state index >= 15 is 0 Å². The lowest BCUT2D eigenvalue weighted by molar-refractivity contribution is -0.115. The second-order valence-electron chi connectivity index (χ2n) is 5.03. The van der Waals surface area contributed by atoms with Gasteiger partial charge in [0.2, 0.25) is 5.91 Å². The highest BCUT2D eigenvalue weighted by Gasteiger charge is 2.21. The van der Waals surface area contributed by atoms with Crippen molar-refractivity contribution in [1.82, 2.24) is 5.32 Å². The van der Waals surface area contributed by atoms with Crippen LogP contribution in [0.2, 0.25) is 0 Å². The van der Waals surface area contributed by atoms with Gasteiger partial charge in [0, 0.05) is 13.7 Å². The molecule has 0 aromatic heterocycles. The van der Waals surface area contributed by atoms with Gasteiger partial charge in [0.05, 0.1) is 12.5 Å². The Bertz CT molecular complexity index is 717. The van der Waals surface area contributed by atoms with E-state index in [1.165, 1.54) is 9.13 Å². The first-order valence-corrected chi connectivity index (χ1v) is 8.50. The fraction of sp³-hybridized carbons (Fsp3) is 0.188. The van der Waals surface area contributed by atoms with E-state index in [-0.39, 0.29) is 11.9 Å². The Hall–Kier alpha value is -0.920. The lowest BCUT2D eigenvalue weighted by Gasteiger charge is -2.20. The molecule has 0 saturated carbocycles. The molecule has 21 heavy (non-hydrogen) atoms. The van der Waals surface area contributed by atoms with Crippen LogP contribution in [0.25, 0.3) is 0 Å². The van der Waals surface area contributed by atoms with Crippen molar-refractivity contribution in [3.05, 3.63) is 61.1 Å². The van der Waals surface area contributed by atoms with Crippen molar-refractivity contribution in [2.75, 3.05) is 12.4 Å². The summed E-state index contributed by atoms with van der Waals surface area (Å²) in [7, 11) is 1.95. The van der Waals surface area contributed by atoms with E-state index in [1.54, 1.807) is 0 Å². The quantitative estimate of drug-likeness (QED) is 0.688. The fourth-order valence-electron chi connectivity index (χ4n) is 2.67. The zero-order valence-corrected chi connectivity index (χ0v) is 15.2. The van der Waals surface area contributed by atoms with Crippen LogP contribution in [0.1, 0.15) is 22.7 Å². The number of carbonyl (C=O) groups is 1. The first-order valence-electron chi connectivity index (χ1n) is 6.63. The minimum Gasteiger partial charge on any atom is -0.326 e. The third-order valence-electron chi connectivity index (χ3n) is 3.65. The van der Waals surface area contributed by atoms with Gasteiger partial charge in [-0.2, -0.15) is 0 Å². The van der Waals surface area contributed by atoms with Gasteiger partial charge in [-0.1, -0.05) is 28.1 Å². The monoisotopic (exact) mass is 456 g/mol. The van der Waals surface area contributed by atoms with Gasteiger partial charge in [0.25, 0.3) is 0 Å². The van der Waals surface area contributed by atoms with E-state index in [0.29, 0.717) is 6.42 Å². The molecule has 0 radical (unpaired) electrons. The van der Waals surface area contributed by atoms with Gasteiger partial charge in [-0.25, -0.2) is 0 Å². The van der Waals surface area contributed by atoms with Crippen LogP contribution >= 0.6 is 38.5 Å². The molecule has 3 rings (SSSR count). The van der Waals surface area contributed by atoms with Crippen molar-refractivity contribution >= 4 is 50.1 Å². The Balaban J connectivity index is 2.03. The highest BCUT2D eigenvalue weighted by Crippen LogP contribution is 2.33. The molecule has 0 saturated heterocycles. The molecule has 0 spiro atoms. The molecule has 1 atom stereocenters. The first-order chi connectivity index (χ1) is 10.1. The maximum atomic E-state index is 11.5. The van der Waals surface area contributed by atoms with Crippen molar-refractivity contribution in [1.29, 1.82) is 0 Å². The van der Waals surface area contributed by atoms with Crippen molar-refractivity contribution in [3.8, 4) is 0 Å². The lowest BCUT2D eigenvalue weighted by Crippen LogP contribution is -2.18. The molecule has 2 N–H and O–H groups in total. The number of nitrogens with one attached hydrogen (secondary N) is 2. The van der Waals surface area contributed by atoms with Crippen LogP contribution in [-0.2, 0) is 11.2 Å². The van der Waals surface area contributed by atoms with Crippen molar-refractivity contribution < 1.29 is 4.79 Å². The average Bonchev–Trinajstić information content (AvgIpc) is 2.83. The molecule has 1 unspecified atom stereocenters. The molecule has 0 aliphatic carbocycles.